The van der Waals surface area contributed by atoms with E-state index in [4.69, 9.17) is 22.0 Å². The fraction of sp³-hybridized carbons (Fsp3) is 0.571. The molecule has 7 heteroatoms. The normalized spacial score (nSPS) is 28.6. The maximum absolute atomic E-state index is 7.72. The van der Waals surface area contributed by atoms with Crippen molar-refractivity contribution < 1.29 is 0 Å². The number of pyridine rings is 1. The van der Waals surface area contributed by atoms with Crippen LogP contribution < -0.4 is 16.4 Å². The Kier molecular flexibility index (Phi) is 3.81. The molecule has 2 fully saturated rings. The Hall–Kier alpha value is -2.41. The van der Waals surface area contributed by atoms with Crippen LogP contribution in [-0.4, -0.2) is 33.1 Å². The lowest BCUT2D eigenvalue weighted by Gasteiger charge is -2.30. The number of hydrogen-bond donors (Lipinski definition) is 3. The summed E-state index contributed by atoms with van der Waals surface area (Å²) in [6.07, 6.45) is 9.89. The van der Waals surface area contributed by atoms with E-state index in [2.05, 4.69) is 21.5 Å². The molecule has 0 saturated heterocycles. The lowest BCUT2D eigenvalue weighted by Crippen LogP contribution is -2.33. The van der Waals surface area contributed by atoms with Crippen LogP contribution in [0.3, 0.4) is 0 Å². The van der Waals surface area contributed by atoms with E-state index in [1.807, 2.05) is 6.07 Å². The van der Waals surface area contributed by atoms with Gasteiger partial charge >= 0.3 is 0 Å². The van der Waals surface area contributed by atoms with Crippen molar-refractivity contribution in [3.63, 3.8) is 0 Å². The minimum absolute atomic E-state index is 0.0852. The van der Waals surface area contributed by atoms with Gasteiger partial charge in [0.25, 0.3) is 0 Å². The molecule has 2 aliphatic carbocycles. The third kappa shape index (κ3) is 2.64. The van der Waals surface area contributed by atoms with Gasteiger partial charge in [0, 0.05) is 55.3 Å². The molecule has 2 bridgehead atoms. The van der Waals surface area contributed by atoms with Gasteiger partial charge in [0.1, 0.15) is 5.82 Å². The molecule has 2 saturated carbocycles. The number of fused-ring (bicyclic) bond motifs is 3. The van der Waals surface area contributed by atoms with Crippen LogP contribution in [-0.2, 0) is 19.5 Å². The monoisotopic (exact) mass is 379 g/mol. The Labute approximate surface area is 165 Å². The summed E-state index contributed by atoms with van der Waals surface area (Å²) in [6, 6.07) is 1.96. The smallest absolute Gasteiger partial charge is 0.134 e. The summed E-state index contributed by atoms with van der Waals surface area (Å²) in [5.74, 6) is 0.414. The predicted octanol–water partition coefficient (Wildman–Crippen LogP) is 2.39. The molecule has 5 N–H and O–H groups in total. The Morgan fingerprint density at radius 1 is 1.29 bits per heavy atom. The van der Waals surface area contributed by atoms with Crippen molar-refractivity contribution in [3.05, 3.63) is 34.8 Å². The zero-order valence-corrected chi connectivity index (χ0v) is 16.5. The van der Waals surface area contributed by atoms with Crippen LogP contribution in [0.25, 0.3) is 0 Å². The molecule has 0 atom stereocenters. The molecule has 1 aliphatic heterocycles. The fourth-order valence-corrected chi connectivity index (χ4v) is 5.74. The maximum atomic E-state index is 7.72. The van der Waals surface area contributed by atoms with Crippen molar-refractivity contribution in [2.45, 2.75) is 64.1 Å². The number of nitrogens with zero attached hydrogens (tertiary/aromatic N) is 4. The number of aromatic nitrogens is 3. The molecule has 0 radical (unpaired) electrons. The van der Waals surface area contributed by atoms with Crippen LogP contribution >= 0.6 is 0 Å². The molecule has 2 aromatic rings. The van der Waals surface area contributed by atoms with Crippen LogP contribution in [0.4, 0.5) is 11.5 Å². The first-order valence-electron chi connectivity index (χ1n) is 10.3. The first kappa shape index (κ1) is 17.7. The zero-order chi connectivity index (χ0) is 19.5. The van der Waals surface area contributed by atoms with Crippen LogP contribution in [0.1, 0.15) is 54.6 Å². The largest absolute Gasteiger partial charge is 0.383 e. The van der Waals surface area contributed by atoms with Crippen LogP contribution in [0, 0.1) is 17.7 Å². The Balaban J connectivity index is 1.42. The van der Waals surface area contributed by atoms with Crippen LogP contribution in [0.5, 0.6) is 0 Å². The highest BCUT2D eigenvalue weighted by Gasteiger charge is 2.52. The average molecular weight is 380 g/mol. The molecule has 0 amide bonds. The summed E-state index contributed by atoms with van der Waals surface area (Å²) >= 11 is 0. The molecular weight excluding hydrogens is 350 g/mol. The van der Waals surface area contributed by atoms with Gasteiger partial charge in [0.15, 0.2) is 0 Å². The summed E-state index contributed by atoms with van der Waals surface area (Å²) in [5.41, 5.74) is 18.4. The first-order valence-corrected chi connectivity index (χ1v) is 10.3. The summed E-state index contributed by atoms with van der Waals surface area (Å²) in [7, 11) is 0. The second-order valence-electron chi connectivity index (χ2n) is 9.15. The van der Waals surface area contributed by atoms with E-state index in [0.29, 0.717) is 16.8 Å². The van der Waals surface area contributed by atoms with Crippen molar-refractivity contribution >= 4 is 17.7 Å². The summed E-state index contributed by atoms with van der Waals surface area (Å²) in [4.78, 5) is 6.43. The molecule has 0 aromatic carbocycles. The molecule has 2 aromatic heterocycles. The summed E-state index contributed by atoms with van der Waals surface area (Å²) in [5, 5.41) is 12.7. The highest BCUT2D eigenvalue weighted by Crippen LogP contribution is 2.56. The average Bonchev–Trinajstić information content (AvgIpc) is 3.30. The van der Waals surface area contributed by atoms with E-state index >= 15 is 0 Å². The highest BCUT2D eigenvalue weighted by atomic mass is 15.3. The van der Waals surface area contributed by atoms with E-state index in [9.17, 15) is 0 Å². The molecule has 148 valence electrons. The van der Waals surface area contributed by atoms with Crippen molar-refractivity contribution in [1.82, 2.24) is 14.8 Å². The third-order valence-corrected chi connectivity index (χ3v) is 7.38. The molecular formula is C21H29N7. The number of nitrogens with one attached hydrogen (secondary N) is 1. The number of nitrogen functional groups attached to an aromatic ring is 1. The van der Waals surface area contributed by atoms with Crippen molar-refractivity contribution in [2.75, 3.05) is 17.2 Å². The standard InChI is InChI=1S/C21H29N7/c1-14-16-11-27(18-2-8-25-19(23)15(18)10-22)9-3-17(16)26-28(14)13-20-4-6-21(24,12-20)7-5-20/h2,8,10,22H,3-7,9,11-13,24H2,1H3,(H2,23,25). The molecule has 0 unspecified atom stereocenters. The number of hydrogen-bond acceptors (Lipinski definition) is 6. The Morgan fingerprint density at radius 2 is 2.07 bits per heavy atom. The van der Waals surface area contributed by atoms with Gasteiger partial charge in [-0.1, -0.05) is 0 Å². The van der Waals surface area contributed by atoms with Gasteiger partial charge in [-0.25, -0.2) is 4.98 Å². The number of nitrogens with two attached hydrogens (primary N) is 2. The van der Waals surface area contributed by atoms with Crippen molar-refractivity contribution in [2.24, 2.45) is 11.1 Å². The molecule has 7 nitrogen and oxygen atoms in total. The van der Waals surface area contributed by atoms with Crippen molar-refractivity contribution in [3.8, 4) is 0 Å². The van der Waals surface area contributed by atoms with Gasteiger partial charge in [-0.15, -0.1) is 0 Å². The first-order chi connectivity index (χ1) is 13.4. The summed E-state index contributed by atoms with van der Waals surface area (Å²) in [6.45, 7) is 4.88. The van der Waals surface area contributed by atoms with Gasteiger partial charge in [-0.2, -0.15) is 5.10 Å². The van der Waals surface area contributed by atoms with Gasteiger partial charge < -0.3 is 21.8 Å². The van der Waals surface area contributed by atoms with E-state index in [0.717, 1.165) is 51.0 Å². The second kappa shape index (κ2) is 6.04. The van der Waals surface area contributed by atoms with Gasteiger partial charge in [0.2, 0.25) is 0 Å². The topological polar surface area (TPSA) is 110 Å². The third-order valence-electron chi connectivity index (χ3n) is 7.38. The highest BCUT2D eigenvalue weighted by molar-refractivity contribution is 5.91. The zero-order valence-electron chi connectivity index (χ0n) is 16.5. The Morgan fingerprint density at radius 3 is 2.75 bits per heavy atom. The van der Waals surface area contributed by atoms with Gasteiger partial charge in [0.05, 0.1) is 16.9 Å². The summed E-state index contributed by atoms with van der Waals surface area (Å²) < 4.78 is 2.25. The quantitative estimate of drug-likeness (QED) is 0.707. The number of anilines is 2. The van der Waals surface area contributed by atoms with Gasteiger partial charge in [-0.05, 0) is 50.5 Å². The van der Waals surface area contributed by atoms with Crippen LogP contribution in [0.2, 0.25) is 0 Å². The lowest BCUT2D eigenvalue weighted by atomic mass is 9.84. The minimum Gasteiger partial charge on any atom is -0.383 e. The SMILES string of the molecule is Cc1c2c(nn1CC13CCC(N)(CC1)C3)CCN(c1ccnc(N)c1C=N)C2. The lowest BCUT2D eigenvalue weighted by molar-refractivity contribution is 0.234. The maximum Gasteiger partial charge on any atom is 0.134 e. The predicted molar refractivity (Wildman–Crippen MR) is 111 cm³/mol. The molecule has 0 spiro atoms. The van der Waals surface area contributed by atoms with Crippen molar-refractivity contribution in [1.29, 1.82) is 5.41 Å². The molecule has 28 heavy (non-hydrogen) atoms. The fourth-order valence-electron chi connectivity index (χ4n) is 5.74. The Bertz CT molecular complexity index is 936. The molecule has 3 heterocycles. The van der Waals surface area contributed by atoms with E-state index in [-0.39, 0.29) is 5.54 Å². The second-order valence-corrected chi connectivity index (χ2v) is 9.15. The minimum atomic E-state index is 0.0852. The molecule has 3 aliphatic rings. The van der Waals surface area contributed by atoms with Gasteiger partial charge in [-0.3, -0.25) is 4.68 Å². The number of rotatable bonds is 4. The van der Waals surface area contributed by atoms with E-state index in [1.54, 1.807) is 6.20 Å². The van der Waals surface area contributed by atoms with E-state index < -0.39 is 0 Å². The molecule has 5 rings (SSSR count). The van der Waals surface area contributed by atoms with Crippen LogP contribution in [0.15, 0.2) is 12.3 Å². The van der Waals surface area contributed by atoms with E-state index in [1.165, 1.54) is 36.0 Å².